The van der Waals surface area contributed by atoms with Crippen LogP contribution in [0, 0.1) is 11.3 Å². The zero-order valence-corrected chi connectivity index (χ0v) is 11.3. The van der Waals surface area contributed by atoms with Crippen LogP contribution in [0.3, 0.4) is 0 Å². The lowest BCUT2D eigenvalue weighted by atomic mass is 10.1. The highest BCUT2D eigenvalue weighted by Crippen LogP contribution is 2.28. The molecule has 1 aromatic carbocycles. The van der Waals surface area contributed by atoms with Crippen LogP contribution in [0.1, 0.15) is 11.4 Å². The first kappa shape index (κ1) is 13.0. The molecule has 2 aromatic heterocycles. The van der Waals surface area contributed by atoms with Crippen molar-refractivity contribution in [2.75, 3.05) is 12.8 Å². The average Bonchev–Trinajstić information content (AvgIpc) is 2.88. The first-order valence-corrected chi connectivity index (χ1v) is 6.24. The van der Waals surface area contributed by atoms with E-state index in [4.69, 9.17) is 15.7 Å². The molecular formula is C14H12N6O. The van der Waals surface area contributed by atoms with Crippen LogP contribution in [0.25, 0.3) is 16.8 Å². The highest BCUT2D eigenvalue weighted by atomic mass is 16.5. The quantitative estimate of drug-likeness (QED) is 0.777. The lowest BCUT2D eigenvalue weighted by Gasteiger charge is -2.02. The van der Waals surface area contributed by atoms with E-state index in [1.165, 1.54) is 4.52 Å². The summed E-state index contributed by atoms with van der Waals surface area (Å²) >= 11 is 0. The number of rotatable bonds is 3. The van der Waals surface area contributed by atoms with Gasteiger partial charge in [-0.2, -0.15) is 14.9 Å². The molecule has 7 nitrogen and oxygen atoms in total. The van der Waals surface area contributed by atoms with E-state index in [2.05, 4.69) is 15.3 Å². The van der Waals surface area contributed by atoms with Crippen LogP contribution in [-0.2, 0) is 11.3 Å². The van der Waals surface area contributed by atoms with E-state index < -0.39 is 0 Å². The van der Waals surface area contributed by atoms with Gasteiger partial charge in [-0.15, -0.1) is 10.2 Å². The number of hydrogen-bond acceptors (Lipinski definition) is 6. The molecule has 0 aliphatic heterocycles. The van der Waals surface area contributed by atoms with Crippen molar-refractivity contribution in [1.29, 1.82) is 5.26 Å². The van der Waals surface area contributed by atoms with Gasteiger partial charge in [0.05, 0.1) is 17.9 Å². The second kappa shape index (κ2) is 5.19. The SMILES string of the molecule is COCc1nn2c(N)c(C#N)nnc2c1-c1ccccc1. The molecule has 104 valence electrons. The molecule has 0 bridgehead atoms. The molecule has 0 spiro atoms. The summed E-state index contributed by atoms with van der Waals surface area (Å²) in [5.41, 5.74) is 8.92. The lowest BCUT2D eigenvalue weighted by Crippen LogP contribution is -2.06. The summed E-state index contributed by atoms with van der Waals surface area (Å²) < 4.78 is 6.62. The number of ether oxygens (including phenoxy) is 1. The van der Waals surface area contributed by atoms with E-state index in [9.17, 15) is 0 Å². The van der Waals surface area contributed by atoms with E-state index >= 15 is 0 Å². The fourth-order valence-corrected chi connectivity index (χ4v) is 2.18. The number of nitriles is 1. The van der Waals surface area contributed by atoms with Crippen molar-refractivity contribution < 1.29 is 4.74 Å². The van der Waals surface area contributed by atoms with Gasteiger partial charge < -0.3 is 10.5 Å². The molecule has 3 aromatic rings. The van der Waals surface area contributed by atoms with Crippen molar-refractivity contribution in [3.8, 4) is 17.2 Å². The van der Waals surface area contributed by atoms with Crippen molar-refractivity contribution in [2.24, 2.45) is 0 Å². The molecule has 0 saturated carbocycles. The fourth-order valence-electron chi connectivity index (χ4n) is 2.18. The summed E-state index contributed by atoms with van der Waals surface area (Å²) in [5.74, 6) is 0.169. The van der Waals surface area contributed by atoms with E-state index in [0.717, 1.165) is 11.1 Å². The van der Waals surface area contributed by atoms with Gasteiger partial charge in [0.2, 0.25) is 5.69 Å². The molecule has 2 N–H and O–H groups in total. The van der Waals surface area contributed by atoms with Gasteiger partial charge in [0, 0.05) is 7.11 Å². The number of benzene rings is 1. The van der Waals surface area contributed by atoms with Gasteiger partial charge in [-0.25, -0.2) is 0 Å². The number of aromatic nitrogens is 4. The van der Waals surface area contributed by atoms with Crippen LogP contribution in [0.4, 0.5) is 5.82 Å². The van der Waals surface area contributed by atoms with Crippen LogP contribution in [0.2, 0.25) is 0 Å². The molecule has 0 aliphatic rings. The number of nitrogens with two attached hydrogens (primary N) is 1. The molecule has 0 saturated heterocycles. The lowest BCUT2D eigenvalue weighted by molar-refractivity contribution is 0.181. The Morgan fingerprint density at radius 2 is 2.05 bits per heavy atom. The van der Waals surface area contributed by atoms with E-state index in [-0.39, 0.29) is 11.5 Å². The van der Waals surface area contributed by atoms with Crippen molar-refractivity contribution in [2.45, 2.75) is 6.61 Å². The Labute approximate surface area is 120 Å². The molecule has 2 heterocycles. The van der Waals surface area contributed by atoms with Crippen LogP contribution >= 0.6 is 0 Å². The van der Waals surface area contributed by atoms with Gasteiger partial charge >= 0.3 is 0 Å². The molecular weight excluding hydrogens is 268 g/mol. The third-order valence-electron chi connectivity index (χ3n) is 3.10. The molecule has 0 aliphatic carbocycles. The first-order chi connectivity index (χ1) is 10.3. The Morgan fingerprint density at radius 3 is 2.71 bits per heavy atom. The molecule has 0 unspecified atom stereocenters. The summed E-state index contributed by atoms with van der Waals surface area (Å²) in [5, 5.41) is 21.3. The smallest absolute Gasteiger partial charge is 0.205 e. The van der Waals surface area contributed by atoms with Crippen molar-refractivity contribution >= 4 is 11.5 Å². The standard InChI is InChI=1S/C14H12N6O/c1-21-8-11-12(9-5-3-2-4-6-9)14-18-17-10(7-15)13(16)20(14)19-11/h2-6H,8,16H2,1H3. The highest BCUT2D eigenvalue weighted by molar-refractivity contribution is 5.80. The molecule has 0 fully saturated rings. The number of nitrogen functional groups attached to an aromatic ring is 1. The zero-order valence-electron chi connectivity index (χ0n) is 11.3. The predicted octanol–water partition coefficient (Wildman–Crippen LogP) is 1.39. The van der Waals surface area contributed by atoms with Crippen molar-refractivity contribution in [3.05, 3.63) is 41.7 Å². The zero-order chi connectivity index (χ0) is 14.8. The van der Waals surface area contributed by atoms with E-state index in [1.54, 1.807) is 7.11 Å². The normalized spacial score (nSPS) is 10.7. The Bertz CT molecular complexity index is 834. The van der Waals surface area contributed by atoms with Crippen LogP contribution < -0.4 is 5.73 Å². The minimum atomic E-state index is 0.0496. The summed E-state index contributed by atoms with van der Waals surface area (Å²) in [6.07, 6.45) is 0. The first-order valence-electron chi connectivity index (χ1n) is 6.24. The molecule has 0 radical (unpaired) electrons. The Hall–Kier alpha value is -2.98. The van der Waals surface area contributed by atoms with E-state index in [0.29, 0.717) is 17.9 Å². The molecule has 7 heteroatoms. The van der Waals surface area contributed by atoms with E-state index in [1.807, 2.05) is 36.4 Å². The number of anilines is 1. The fraction of sp³-hybridized carbons (Fsp3) is 0.143. The highest BCUT2D eigenvalue weighted by Gasteiger charge is 2.19. The number of hydrogen-bond donors (Lipinski definition) is 1. The molecule has 0 atom stereocenters. The van der Waals surface area contributed by atoms with Gasteiger partial charge in [-0.05, 0) is 5.56 Å². The van der Waals surface area contributed by atoms with Crippen molar-refractivity contribution in [1.82, 2.24) is 19.8 Å². The largest absolute Gasteiger partial charge is 0.381 e. The van der Waals surface area contributed by atoms with Gasteiger partial charge in [0.25, 0.3) is 0 Å². The molecule has 0 amide bonds. The van der Waals surface area contributed by atoms with Crippen LogP contribution in [0.15, 0.2) is 30.3 Å². The monoisotopic (exact) mass is 280 g/mol. The van der Waals surface area contributed by atoms with Crippen molar-refractivity contribution in [3.63, 3.8) is 0 Å². The van der Waals surface area contributed by atoms with Gasteiger partial charge in [-0.3, -0.25) is 0 Å². The average molecular weight is 280 g/mol. The number of fused-ring (bicyclic) bond motifs is 1. The number of methoxy groups -OCH3 is 1. The third kappa shape index (κ3) is 2.07. The minimum absolute atomic E-state index is 0.0496. The van der Waals surface area contributed by atoms with Gasteiger partial charge in [0.15, 0.2) is 11.5 Å². The summed E-state index contributed by atoms with van der Waals surface area (Å²) in [4.78, 5) is 0. The summed E-state index contributed by atoms with van der Waals surface area (Å²) in [6.45, 7) is 0.314. The molecule has 3 rings (SSSR count). The predicted molar refractivity (Wildman–Crippen MR) is 76.1 cm³/mol. The second-order valence-electron chi connectivity index (χ2n) is 4.40. The van der Waals surface area contributed by atoms with Gasteiger partial charge in [-0.1, -0.05) is 30.3 Å². The molecule has 21 heavy (non-hydrogen) atoms. The summed E-state index contributed by atoms with van der Waals surface area (Å²) in [6, 6.07) is 11.6. The third-order valence-corrected chi connectivity index (χ3v) is 3.10. The summed E-state index contributed by atoms with van der Waals surface area (Å²) in [7, 11) is 1.59. The van der Waals surface area contributed by atoms with Crippen LogP contribution in [-0.4, -0.2) is 26.9 Å². The maximum Gasteiger partial charge on any atom is 0.205 e. The minimum Gasteiger partial charge on any atom is -0.381 e. The Morgan fingerprint density at radius 1 is 1.29 bits per heavy atom. The van der Waals surface area contributed by atoms with Gasteiger partial charge in [0.1, 0.15) is 6.07 Å². The second-order valence-corrected chi connectivity index (χ2v) is 4.40. The Balaban J connectivity index is 2.34. The maximum atomic E-state index is 8.98. The Kier molecular flexibility index (Phi) is 3.22. The van der Waals surface area contributed by atoms with Crippen LogP contribution in [0.5, 0.6) is 0 Å². The number of nitrogens with zero attached hydrogens (tertiary/aromatic N) is 5. The maximum absolute atomic E-state index is 8.98. The topological polar surface area (TPSA) is 102 Å².